The van der Waals surface area contributed by atoms with Gasteiger partial charge < -0.3 is 4.40 Å². The Balaban J connectivity index is 2.34. The third kappa shape index (κ3) is 1.01. The lowest BCUT2D eigenvalue weighted by Crippen LogP contribution is -1.92. The summed E-state index contributed by atoms with van der Waals surface area (Å²) in [6.45, 7) is 0. The minimum atomic E-state index is 1.07. The van der Waals surface area contributed by atoms with E-state index in [-0.39, 0.29) is 0 Å². The van der Waals surface area contributed by atoms with Crippen molar-refractivity contribution in [3.8, 4) is 0 Å². The quantitative estimate of drug-likeness (QED) is 0.293. The van der Waals surface area contributed by atoms with Gasteiger partial charge in [0, 0.05) is 28.6 Å². The molecule has 0 radical (unpaired) electrons. The minimum absolute atomic E-state index is 1.07. The molecule has 3 aromatic heterocycles. The summed E-state index contributed by atoms with van der Waals surface area (Å²) < 4.78 is 2.26. The van der Waals surface area contributed by atoms with Crippen molar-refractivity contribution in [2.75, 3.05) is 0 Å². The molecule has 5 rings (SSSR count). The molecular formula is C17H10N2. The minimum Gasteiger partial charge on any atom is -0.314 e. The monoisotopic (exact) mass is 242 g/mol. The number of fused-ring (bicyclic) bond motifs is 3. The molecule has 0 aliphatic carbocycles. The molecule has 5 aromatic rings. The fourth-order valence-corrected chi connectivity index (χ4v) is 3.20. The standard InChI is InChI=1S/C17H10N2/c1-3-11-6-7-12-8-10-19-14-5-2-9-18-16(14)13(4-1)15(11)17(12)19/h1-10H. The van der Waals surface area contributed by atoms with Crippen LogP contribution in [-0.2, 0) is 0 Å². The Labute approximate surface area is 109 Å². The van der Waals surface area contributed by atoms with E-state index >= 15 is 0 Å². The molecule has 0 atom stereocenters. The molecule has 0 spiro atoms. The van der Waals surface area contributed by atoms with Crippen molar-refractivity contribution in [3.05, 3.63) is 60.9 Å². The predicted molar refractivity (Wildman–Crippen MR) is 78.9 cm³/mol. The summed E-state index contributed by atoms with van der Waals surface area (Å²) in [4.78, 5) is 4.59. The summed E-state index contributed by atoms with van der Waals surface area (Å²) in [5, 5.41) is 5.12. The van der Waals surface area contributed by atoms with Crippen molar-refractivity contribution in [1.29, 1.82) is 0 Å². The number of nitrogens with zero attached hydrogens (tertiary/aromatic N) is 2. The zero-order valence-electron chi connectivity index (χ0n) is 10.2. The lowest BCUT2D eigenvalue weighted by Gasteiger charge is -2.11. The molecule has 19 heavy (non-hydrogen) atoms. The second kappa shape index (κ2) is 3.04. The largest absolute Gasteiger partial charge is 0.314 e. The molecule has 2 aromatic carbocycles. The molecule has 0 aliphatic rings. The van der Waals surface area contributed by atoms with Crippen LogP contribution >= 0.6 is 0 Å². The molecule has 0 saturated heterocycles. The summed E-state index contributed by atoms with van der Waals surface area (Å²) in [6, 6.07) is 17.1. The fourth-order valence-electron chi connectivity index (χ4n) is 3.20. The summed E-state index contributed by atoms with van der Waals surface area (Å²) in [5.74, 6) is 0. The van der Waals surface area contributed by atoms with Crippen LogP contribution in [0.25, 0.3) is 38.1 Å². The Hall–Kier alpha value is -2.61. The highest BCUT2D eigenvalue weighted by molar-refractivity contribution is 6.22. The smallest absolute Gasteiger partial charge is 0.0949 e. The summed E-state index contributed by atoms with van der Waals surface area (Å²) in [5.41, 5.74) is 3.54. The summed E-state index contributed by atoms with van der Waals surface area (Å²) >= 11 is 0. The maximum absolute atomic E-state index is 4.59. The van der Waals surface area contributed by atoms with Crippen LogP contribution < -0.4 is 0 Å². The van der Waals surface area contributed by atoms with E-state index in [0.29, 0.717) is 0 Å². The van der Waals surface area contributed by atoms with E-state index in [1.807, 2.05) is 12.3 Å². The molecule has 0 aliphatic heterocycles. The highest BCUT2D eigenvalue weighted by Crippen LogP contribution is 2.35. The van der Waals surface area contributed by atoms with Crippen molar-refractivity contribution in [2.24, 2.45) is 0 Å². The van der Waals surface area contributed by atoms with Gasteiger partial charge in [-0.3, -0.25) is 4.98 Å². The van der Waals surface area contributed by atoms with E-state index in [0.717, 1.165) is 5.52 Å². The van der Waals surface area contributed by atoms with Crippen LogP contribution in [-0.4, -0.2) is 9.38 Å². The molecule has 0 fully saturated rings. The zero-order valence-corrected chi connectivity index (χ0v) is 10.2. The molecule has 0 saturated carbocycles. The first-order chi connectivity index (χ1) is 9.43. The molecule has 0 amide bonds. The first-order valence-electron chi connectivity index (χ1n) is 6.42. The second-order valence-corrected chi connectivity index (χ2v) is 4.96. The first kappa shape index (κ1) is 9.34. The van der Waals surface area contributed by atoms with Gasteiger partial charge >= 0.3 is 0 Å². The van der Waals surface area contributed by atoms with Crippen LogP contribution in [0.4, 0.5) is 0 Å². The molecule has 88 valence electrons. The first-order valence-corrected chi connectivity index (χ1v) is 6.42. The number of aromatic nitrogens is 2. The van der Waals surface area contributed by atoms with Crippen molar-refractivity contribution >= 4 is 38.1 Å². The van der Waals surface area contributed by atoms with Gasteiger partial charge in [-0.15, -0.1) is 0 Å². The normalized spacial score (nSPS) is 12.2. The van der Waals surface area contributed by atoms with Gasteiger partial charge in [0.1, 0.15) is 0 Å². The van der Waals surface area contributed by atoms with E-state index in [4.69, 9.17) is 0 Å². The van der Waals surface area contributed by atoms with E-state index in [1.165, 1.54) is 32.6 Å². The Kier molecular flexibility index (Phi) is 1.49. The Morgan fingerprint density at radius 3 is 2.79 bits per heavy atom. The maximum atomic E-state index is 4.59. The SMILES string of the molecule is c1cc2ccc3ccn4c5cccnc5c(c1)c2c34. The Morgan fingerprint density at radius 1 is 0.842 bits per heavy atom. The van der Waals surface area contributed by atoms with Gasteiger partial charge in [0.05, 0.1) is 16.6 Å². The number of hydrogen-bond acceptors (Lipinski definition) is 1. The van der Waals surface area contributed by atoms with E-state index in [1.54, 1.807) is 0 Å². The van der Waals surface area contributed by atoms with Gasteiger partial charge in [-0.05, 0) is 23.6 Å². The van der Waals surface area contributed by atoms with Gasteiger partial charge in [0.2, 0.25) is 0 Å². The van der Waals surface area contributed by atoms with E-state index in [2.05, 4.69) is 58.0 Å². The lowest BCUT2D eigenvalue weighted by molar-refractivity contribution is 1.26. The fraction of sp³-hybridized carbons (Fsp3) is 0. The molecule has 0 unspecified atom stereocenters. The van der Waals surface area contributed by atoms with E-state index < -0.39 is 0 Å². The average Bonchev–Trinajstić information content (AvgIpc) is 2.91. The lowest BCUT2D eigenvalue weighted by atomic mass is 10.0. The highest BCUT2D eigenvalue weighted by atomic mass is 14.9. The topological polar surface area (TPSA) is 17.3 Å². The highest BCUT2D eigenvalue weighted by Gasteiger charge is 2.12. The second-order valence-electron chi connectivity index (χ2n) is 4.96. The van der Waals surface area contributed by atoms with E-state index in [9.17, 15) is 0 Å². The predicted octanol–water partition coefficient (Wildman–Crippen LogP) is 4.23. The third-order valence-corrected chi connectivity index (χ3v) is 3.99. The average molecular weight is 242 g/mol. The van der Waals surface area contributed by atoms with Crippen LogP contribution in [0.3, 0.4) is 0 Å². The van der Waals surface area contributed by atoms with Crippen LogP contribution in [0.1, 0.15) is 0 Å². The Bertz CT molecular complexity index is 1050. The van der Waals surface area contributed by atoms with Gasteiger partial charge in [-0.25, -0.2) is 0 Å². The number of pyridine rings is 2. The van der Waals surface area contributed by atoms with Crippen molar-refractivity contribution in [2.45, 2.75) is 0 Å². The maximum Gasteiger partial charge on any atom is 0.0949 e. The molecule has 3 heterocycles. The van der Waals surface area contributed by atoms with Gasteiger partial charge in [0.15, 0.2) is 0 Å². The van der Waals surface area contributed by atoms with Gasteiger partial charge in [-0.2, -0.15) is 0 Å². The third-order valence-electron chi connectivity index (χ3n) is 3.99. The number of benzene rings is 2. The van der Waals surface area contributed by atoms with Crippen LogP contribution in [0.5, 0.6) is 0 Å². The zero-order chi connectivity index (χ0) is 12.4. The van der Waals surface area contributed by atoms with Crippen molar-refractivity contribution < 1.29 is 0 Å². The van der Waals surface area contributed by atoms with Crippen LogP contribution in [0.2, 0.25) is 0 Å². The molecule has 2 nitrogen and oxygen atoms in total. The van der Waals surface area contributed by atoms with Crippen LogP contribution in [0, 0.1) is 0 Å². The molecule has 0 bridgehead atoms. The molecular weight excluding hydrogens is 232 g/mol. The molecule has 2 heteroatoms. The summed E-state index contributed by atoms with van der Waals surface area (Å²) in [7, 11) is 0. The van der Waals surface area contributed by atoms with Crippen LogP contribution in [0.15, 0.2) is 60.9 Å². The summed E-state index contributed by atoms with van der Waals surface area (Å²) in [6.07, 6.45) is 4.01. The van der Waals surface area contributed by atoms with Crippen molar-refractivity contribution in [1.82, 2.24) is 9.38 Å². The number of rotatable bonds is 0. The van der Waals surface area contributed by atoms with Crippen molar-refractivity contribution in [3.63, 3.8) is 0 Å². The Morgan fingerprint density at radius 2 is 1.79 bits per heavy atom. The van der Waals surface area contributed by atoms with Gasteiger partial charge in [0.25, 0.3) is 0 Å². The van der Waals surface area contributed by atoms with Gasteiger partial charge in [-0.1, -0.05) is 30.3 Å². The molecule has 0 N–H and O–H groups in total. The number of hydrogen-bond donors (Lipinski definition) is 0.